The number of rotatable bonds is 19. The Morgan fingerprint density at radius 1 is 1.08 bits per heavy atom. The van der Waals surface area contributed by atoms with Crippen LogP contribution in [-0.2, 0) is 38.5 Å². The number of hydroxylamine groups is 2. The van der Waals surface area contributed by atoms with Crippen molar-refractivity contribution in [3.05, 3.63) is 71.0 Å². The number of aryl methyl sites for hydroxylation is 2. The number of nitrogens with one attached hydrogen (secondary N) is 1. The van der Waals surface area contributed by atoms with Gasteiger partial charge >= 0.3 is 5.97 Å². The highest BCUT2D eigenvalue weighted by Crippen LogP contribution is 2.39. The van der Waals surface area contributed by atoms with Crippen molar-refractivity contribution < 1.29 is 48.0 Å². The Labute approximate surface area is 305 Å². The van der Waals surface area contributed by atoms with Gasteiger partial charge in [0.2, 0.25) is 6.41 Å². The van der Waals surface area contributed by atoms with Gasteiger partial charge in [0.05, 0.1) is 24.7 Å². The zero-order chi connectivity index (χ0) is 37.8. The Kier molecular flexibility index (Phi) is 14.3. The highest BCUT2D eigenvalue weighted by atomic mass is 19.1. The molecule has 2 atom stereocenters. The van der Waals surface area contributed by atoms with Crippen molar-refractivity contribution in [1.82, 2.24) is 10.4 Å². The Bertz CT molecular complexity index is 1670. The predicted molar refractivity (Wildman–Crippen MR) is 194 cm³/mol. The number of nitrogens with zero attached hydrogens (tertiary/aromatic N) is 1. The minimum atomic E-state index is -1.09. The third-order valence-corrected chi connectivity index (χ3v) is 8.62. The molecular formula is C40H51FN2O9. The van der Waals surface area contributed by atoms with E-state index in [0.29, 0.717) is 80.1 Å². The SMILES string of the molecule is CCCc1c(OCCCOc2cc(O)c(-c3ccc(F)cc3)cc2CC)ccc2c1OC(C(=O)NCC(CCN(C=O)OC(C)(C)C)C(=O)O)CC2. The van der Waals surface area contributed by atoms with Gasteiger partial charge in [0.25, 0.3) is 5.91 Å². The molecule has 0 bridgehead atoms. The lowest BCUT2D eigenvalue weighted by Gasteiger charge is -2.29. The van der Waals surface area contributed by atoms with Crippen LogP contribution in [0, 0.1) is 11.7 Å². The van der Waals surface area contributed by atoms with E-state index in [1.807, 2.05) is 25.1 Å². The number of fused-ring (bicyclic) bond motifs is 1. The van der Waals surface area contributed by atoms with Gasteiger partial charge in [-0.25, -0.2) is 9.45 Å². The molecule has 11 nitrogen and oxygen atoms in total. The van der Waals surface area contributed by atoms with Crippen molar-refractivity contribution in [2.45, 2.75) is 91.3 Å². The number of hydrogen-bond acceptors (Lipinski definition) is 8. The molecule has 0 aromatic heterocycles. The molecule has 0 radical (unpaired) electrons. The van der Waals surface area contributed by atoms with Crippen molar-refractivity contribution in [2.24, 2.45) is 5.92 Å². The molecule has 3 aromatic rings. The van der Waals surface area contributed by atoms with E-state index < -0.39 is 29.5 Å². The van der Waals surface area contributed by atoms with Crippen molar-refractivity contribution in [2.75, 3.05) is 26.3 Å². The van der Waals surface area contributed by atoms with Crippen molar-refractivity contribution in [3.8, 4) is 34.1 Å². The van der Waals surface area contributed by atoms with Gasteiger partial charge in [-0.1, -0.05) is 38.5 Å². The number of aromatic hydroxyl groups is 1. The minimum absolute atomic E-state index is 0.0506. The Hall–Kier alpha value is -4.84. The molecule has 4 rings (SSSR count). The van der Waals surface area contributed by atoms with Crippen LogP contribution in [0.25, 0.3) is 11.1 Å². The van der Waals surface area contributed by atoms with Gasteiger partial charge < -0.3 is 29.7 Å². The first kappa shape index (κ1) is 39.9. The summed E-state index contributed by atoms with van der Waals surface area (Å²) in [5, 5.41) is 24.3. The average molecular weight is 723 g/mol. The average Bonchev–Trinajstić information content (AvgIpc) is 3.11. The monoisotopic (exact) mass is 722 g/mol. The van der Waals surface area contributed by atoms with Crippen LogP contribution >= 0.6 is 0 Å². The summed E-state index contributed by atoms with van der Waals surface area (Å²) in [6.07, 6.45) is 3.62. The number of hydrogen-bond donors (Lipinski definition) is 3. The number of phenolic OH excluding ortho intramolecular Hbond substituents is 1. The first-order valence-electron chi connectivity index (χ1n) is 17.9. The molecule has 12 heteroatoms. The third-order valence-electron chi connectivity index (χ3n) is 8.62. The molecule has 0 saturated carbocycles. The van der Waals surface area contributed by atoms with E-state index in [9.17, 15) is 29.0 Å². The lowest BCUT2D eigenvalue weighted by molar-refractivity contribution is -0.217. The van der Waals surface area contributed by atoms with E-state index in [1.165, 1.54) is 12.1 Å². The summed E-state index contributed by atoms with van der Waals surface area (Å²) in [6, 6.07) is 13.3. The molecule has 0 fully saturated rings. The van der Waals surface area contributed by atoms with Gasteiger partial charge in [-0.05, 0) is 93.8 Å². The smallest absolute Gasteiger partial charge is 0.308 e. The van der Waals surface area contributed by atoms with Crippen LogP contribution in [0.5, 0.6) is 23.0 Å². The first-order valence-corrected chi connectivity index (χ1v) is 17.9. The van der Waals surface area contributed by atoms with E-state index in [4.69, 9.17) is 19.0 Å². The van der Waals surface area contributed by atoms with Gasteiger partial charge in [-0.2, -0.15) is 0 Å². The fourth-order valence-corrected chi connectivity index (χ4v) is 6.01. The number of halogens is 1. The van der Waals surface area contributed by atoms with E-state index in [1.54, 1.807) is 39.0 Å². The van der Waals surface area contributed by atoms with E-state index >= 15 is 0 Å². The number of benzene rings is 3. The van der Waals surface area contributed by atoms with Gasteiger partial charge in [-0.3, -0.25) is 19.2 Å². The standard InChI is InChI=1S/C40H51FN2O9/c1-6-9-31-34(49-20-8-21-50-36-23-33(45)32(22-26(36)7-2)27-10-14-30(41)15-11-27)16-12-28-13-17-35(51-37(28)31)38(46)42-24-29(39(47)48)18-19-43(25-44)52-40(3,4)5/h10-12,14-16,22-23,25,29,35,45H,6-9,13,17-21,24H2,1-5H3,(H,42,46)(H,47,48). The Morgan fingerprint density at radius 2 is 1.79 bits per heavy atom. The van der Waals surface area contributed by atoms with Crippen LogP contribution in [0.4, 0.5) is 4.39 Å². The number of aliphatic carboxylic acids is 1. The zero-order valence-electron chi connectivity index (χ0n) is 30.7. The van der Waals surface area contributed by atoms with E-state index in [0.717, 1.165) is 28.2 Å². The van der Waals surface area contributed by atoms with E-state index in [-0.39, 0.29) is 31.1 Å². The molecule has 0 spiro atoms. The molecule has 0 saturated heterocycles. The molecule has 52 heavy (non-hydrogen) atoms. The quantitative estimate of drug-likeness (QED) is 0.0704. The largest absolute Gasteiger partial charge is 0.507 e. The van der Waals surface area contributed by atoms with Gasteiger partial charge in [0.1, 0.15) is 28.8 Å². The molecule has 0 aliphatic carbocycles. The normalized spacial score (nSPS) is 14.5. The molecule has 2 unspecified atom stereocenters. The maximum atomic E-state index is 13.4. The maximum Gasteiger partial charge on any atom is 0.308 e. The summed E-state index contributed by atoms with van der Waals surface area (Å²) < 4.78 is 31.9. The lowest BCUT2D eigenvalue weighted by Crippen LogP contribution is -2.44. The van der Waals surface area contributed by atoms with Gasteiger partial charge in [0.15, 0.2) is 6.10 Å². The number of carboxylic acid groups (broad SMARTS) is 1. The second kappa shape index (κ2) is 18.6. The zero-order valence-corrected chi connectivity index (χ0v) is 30.7. The third kappa shape index (κ3) is 11.1. The summed E-state index contributed by atoms with van der Waals surface area (Å²) in [5.41, 5.74) is 3.48. The fraction of sp³-hybridized carbons (Fsp3) is 0.475. The van der Waals surface area contributed by atoms with Crippen LogP contribution < -0.4 is 19.5 Å². The predicted octanol–water partition coefficient (Wildman–Crippen LogP) is 6.65. The second-order valence-corrected chi connectivity index (χ2v) is 13.8. The van der Waals surface area contributed by atoms with Gasteiger partial charge in [0, 0.05) is 36.7 Å². The van der Waals surface area contributed by atoms with Crippen molar-refractivity contribution in [3.63, 3.8) is 0 Å². The van der Waals surface area contributed by atoms with Gasteiger partial charge in [-0.15, -0.1) is 0 Å². The molecule has 3 N–H and O–H groups in total. The molecule has 1 heterocycles. The first-order chi connectivity index (χ1) is 24.8. The maximum absolute atomic E-state index is 13.4. The number of carbonyl (C=O) groups is 3. The summed E-state index contributed by atoms with van der Waals surface area (Å²) >= 11 is 0. The van der Waals surface area contributed by atoms with Crippen LogP contribution in [0.15, 0.2) is 48.5 Å². The lowest BCUT2D eigenvalue weighted by atomic mass is 9.96. The molecule has 1 aliphatic rings. The topological polar surface area (TPSA) is 144 Å². The van der Waals surface area contributed by atoms with Crippen LogP contribution in [-0.4, -0.2) is 71.6 Å². The highest BCUT2D eigenvalue weighted by Gasteiger charge is 2.30. The number of amides is 2. The number of carbonyl (C=O) groups excluding carboxylic acids is 2. The summed E-state index contributed by atoms with van der Waals surface area (Å²) in [7, 11) is 0. The molecule has 1 aliphatic heterocycles. The molecule has 3 aromatic carbocycles. The molecule has 2 amide bonds. The Morgan fingerprint density at radius 3 is 2.42 bits per heavy atom. The summed E-state index contributed by atoms with van der Waals surface area (Å²) in [5.74, 6) is -0.827. The van der Waals surface area contributed by atoms with Crippen LogP contribution in [0.2, 0.25) is 0 Å². The number of ether oxygens (including phenoxy) is 3. The summed E-state index contributed by atoms with van der Waals surface area (Å²) in [4.78, 5) is 42.1. The van der Waals surface area contributed by atoms with Crippen molar-refractivity contribution >= 4 is 18.3 Å². The Balaban J connectivity index is 1.33. The molecular weight excluding hydrogens is 671 g/mol. The number of phenols is 1. The number of carboxylic acids is 1. The second-order valence-electron chi connectivity index (χ2n) is 13.8. The highest BCUT2D eigenvalue weighted by molar-refractivity contribution is 5.82. The minimum Gasteiger partial charge on any atom is -0.507 e. The summed E-state index contributed by atoms with van der Waals surface area (Å²) in [6.45, 7) is 10.1. The molecule has 282 valence electrons. The van der Waals surface area contributed by atoms with Crippen LogP contribution in [0.3, 0.4) is 0 Å². The fourth-order valence-electron chi connectivity index (χ4n) is 6.01. The van der Waals surface area contributed by atoms with Crippen molar-refractivity contribution in [1.29, 1.82) is 0 Å². The van der Waals surface area contributed by atoms with Crippen LogP contribution in [0.1, 0.15) is 77.0 Å². The van der Waals surface area contributed by atoms with E-state index in [2.05, 4.69) is 12.2 Å².